The molecule has 4 saturated carbocycles. The van der Waals surface area contributed by atoms with Crippen LogP contribution in [0.1, 0.15) is 103 Å². The van der Waals surface area contributed by atoms with Crippen molar-refractivity contribution < 1.29 is 76.3 Å². The highest BCUT2D eigenvalue weighted by Gasteiger charge is 2.40. The van der Waals surface area contributed by atoms with Crippen molar-refractivity contribution in [3.63, 3.8) is 0 Å². The van der Waals surface area contributed by atoms with Crippen LogP contribution in [0.2, 0.25) is 0 Å². The van der Waals surface area contributed by atoms with Crippen molar-refractivity contribution >= 4 is 71.3 Å². The van der Waals surface area contributed by atoms with Crippen molar-refractivity contribution in [2.75, 3.05) is 13.6 Å². The van der Waals surface area contributed by atoms with Gasteiger partial charge in [0.25, 0.3) is 0 Å². The maximum absolute atomic E-state index is 13.6. The smallest absolute Gasteiger partial charge is 0.333 e. The number of nitriles is 2. The number of rotatable bonds is 17. The van der Waals surface area contributed by atoms with E-state index in [9.17, 15) is 48.9 Å². The van der Waals surface area contributed by atoms with Gasteiger partial charge in [0.1, 0.15) is 23.7 Å². The first kappa shape index (κ1) is 51.5. The average Bonchev–Trinajstić information content (AvgIpc) is 3.81. The Kier molecular flexibility index (Phi) is 18.9. The summed E-state index contributed by atoms with van der Waals surface area (Å²) in [6.45, 7) is 5.56. The number of fused-ring (bicyclic) bond motifs is 1. The fourth-order valence-electron chi connectivity index (χ4n) is 8.97. The summed E-state index contributed by atoms with van der Waals surface area (Å²) < 4.78 is 42.4. The monoisotopic (exact) mass is 978 g/mol. The fourth-order valence-corrected chi connectivity index (χ4v) is 11.9. The van der Waals surface area contributed by atoms with Crippen LogP contribution in [0.15, 0.2) is 47.2 Å². The summed E-state index contributed by atoms with van der Waals surface area (Å²) in [5.41, 5.74) is 0. The summed E-state index contributed by atoms with van der Waals surface area (Å²) in [6.07, 6.45) is 8.18. The van der Waals surface area contributed by atoms with Gasteiger partial charge in [-0.15, -0.1) is 23.5 Å². The second-order valence-corrected chi connectivity index (χ2v) is 19.9. The van der Waals surface area contributed by atoms with Gasteiger partial charge in [0.15, 0.2) is 5.92 Å². The van der Waals surface area contributed by atoms with Gasteiger partial charge in [-0.2, -0.15) is 10.5 Å². The van der Waals surface area contributed by atoms with Crippen molar-refractivity contribution in [1.82, 2.24) is 0 Å². The molecule has 1 aromatic carbocycles. The summed E-state index contributed by atoms with van der Waals surface area (Å²) in [7, 11) is 0. The molecule has 0 unspecified atom stereocenters. The zero-order valence-corrected chi connectivity index (χ0v) is 39.1. The van der Waals surface area contributed by atoms with E-state index in [4.69, 9.17) is 37.9 Å². The summed E-state index contributed by atoms with van der Waals surface area (Å²) in [4.78, 5) is 101. The lowest BCUT2D eigenvalue weighted by molar-refractivity contribution is -0.171. The van der Waals surface area contributed by atoms with E-state index in [1.165, 1.54) is 35.7 Å². The van der Waals surface area contributed by atoms with Gasteiger partial charge in [-0.25, -0.2) is 9.59 Å². The van der Waals surface area contributed by atoms with Gasteiger partial charge in [0.2, 0.25) is 13.6 Å². The maximum Gasteiger partial charge on any atom is 0.333 e. The third-order valence-corrected chi connectivity index (χ3v) is 16.0. The Morgan fingerprint density at radius 1 is 0.500 bits per heavy atom. The van der Waals surface area contributed by atoms with E-state index in [1.807, 2.05) is 12.1 Å². The zero-order chi connectivity index (χ0) is 48.7. The first-order valence-corrected chi connectivity index (χ1v) is 24.6. The van der Waals surface area contributed by atoms with E-state index in [2.05, 4.69) is 13.2 Å². The van der Waals surface area contributed by atoms with Gasteiger partial charge in [-0.3, -0.25) is 28.8 Å². The molecule has 4 fully saturated rings. The summed E-state index contributed by atoms with van der Waals surface area (Å²) in [5.74, 6) is -7.11. The molecule has 68 heavy (non-hydrogen) atoms. The van der Waals surface area contributed by atoms with E-state index < -0.39 is 83.6 Å². The number of carbonyl (C=O) groups excluding carboxylic acids is 8. The second-order valence-electron chi connectivity index (χ2n) is 17.3. The van der Waals surface area contributed by atoms with Crippen molar-refractivity contribution in [2.45, 2.75) is 129 Å². The standard InChI is InChI=1S/C48H54N2O16S2/c1-3-38(51)59-25-61-42(53)27-5-9-29(10-6-27)44(55)63-34-17-13-31(14-18-34)46(57)65-36-21-22-37(41-40(36)67-48(68-41)33(23-49)24-50)66-47(58)32-15-19-35(20-16-32)64-45(56)30-11-7-28(8-12-30)43(54)62-26-60-39(52)4-2/h3-4,21-22,27-35,48H,1-2,5-20,25-26H2. The van der Waals surface area contributed by atoms with Crippen molar-refractivity contribution in [3.8, 4) is 23.6 Å². The van der Waals surface area contributed by atoms with Crippen molar-refractivity contribution in [3.05, 3.63) is 37.4 Å². The Labute approximate surface area is 402 Å². The topological polar surface area (TPSA) is 258 Å². The van der Waals surface area contributed by atoms with Gasteiger partial charge < -0.3 is 37.9 Å². The van der Waals surface area contributed by atoms with Crippen molar-refractivity contribution in [2.24, 2.45) is 41.4 Å². The highest BCUT2D eigenvalue weighted by atomic mass is 32.2. The first-order valence-electron chi connectivity index (χ1n) is 22.9. The minimum Gasteiger partial charge on any atom is -0.462 e. The quantitative estimate of drug-likeness (QED) is 0.0502. The normalized spacial score (nSPS) is 26.4. The Balaban J connectivity index is 0.946. The molecule has 20 heteroatoms. The molecular formula is C48H54N2O16S2. The predicted molar refractivity (Wildman–Crippen MR) is 237 cm³/mol. The molecule has 0 saturated heterocycles. The lowest BCUT2D eigenvalue weighted by atomic mass is 9.82. The van der Waals surface area contributed by atoms with Crippen LogP contribution >= 0.6 is 23.5 Å². The summed E-state index contributed by atoms with van der Waals surface area (Å²) in [5, 5.41) is 19.4. The Morgan fingerprint density at radius 3 is 1.13 bits per heavy atom. The van der Waals surface area contributed by atoms with E-state index in [0.717, 1.165) is 12.2 Å². The SMILES string of the molecule is C=CC(=O)OCOC(=O)C1CCC(C(=O)OC2CCC(C(=O)Oc3ccc(OC(=O)C4CCC(OC(=O)C5CCC(C(=O)OCOC(=O)C=C)CC5)CC4)c4c3SC(C(C#N)C#N)S4)CC2)CC1. The molecule has 0 radical (unpaired) electrons. The molecule has 1 heterocycles. The van der Waals surface area contributed by atoms with Crippen molar-refractivity contribution in [1.29, 1.82) is 10.5 Å². The molecule has 1 aliphatic heterocycles. The minimum absolute atomic E-state index is 0.215. The van der Waals surface area contributed by atoms with Crippen LogP contribution < -0.4 is 9.47 Å². The lowest BCUT2D eigenvalue weighted by Gasteiger charge is -2.30. The average molecular weight is 979 g/mol. The van der Waals surface area contributed by atoms with Crippen LogP contribution in [0, 0.1) is 64.1 Å². The van der Waals surface area contributed by atoms with Crippen LogP contribution in [0.5, 0.6) is 11.5 Å². The van der Waals surface area contributed by atoms with E-state index in [0.29, 0.717) is 113 Å². The number of hydrogen-bond acceptors (Lipinski definition) is 20. The summed E-state index contributed by atoms with van der Waals surface area (Å²) in [6, 6.07) is 7.09. The number of ether oxygens (including phenoxy) is 8. The van der Waals surface area contributed by atoms with Crippen LogP contribution in [0.25, 0.3) is 0 Å². The molecule has 364 valence electrons. The van der Waals surface area contributed by atoms with Crippen LogP contribution in [0.3, 0.4) is 0 Å². The van der Waals surface area contributed by atoms with Crippen LogP contribution in [-0.2, 0) is 66.8 Å². The molecule has 5 aliphatic rings. The van der Waals surface area contributed by atoms with Crippen LogP contribution in [-0.4, -0.2) is 78.1 Å². The first-order chi connectivity index (χ1) is 32.8. The fraction of sp³-hybridized carbons (Fsp3) is 0.583. The molecule has 0 aromatic heterocycles. The van der Waals surface area contributed by atoms with Gasteiger partial charge in [-0.05, 0) is 115 Å². The zero-order valence-electron chi connectivity index (χ0n) is 37.5. The second kappa shape index (κ2) is 25.0. The maximum atomic E-state index is 13.6. The molecule has 0 atom stereocenters. The Morgan fingerprint density at radius 2 is 0.809 bits per heavy atom. The molecule has 0 bridgehead atoms. The predicted octanol–water partition coefficient (Wildman–Crippen LogP) is 6.96. The highest BCUT2D eigenvalue weighted by Crippen LogP contribution is 2.58. The third kappa shape index (κ3) is 13.9. The molecule has 0 amide bonds. The number of benzene rings is 1. The lowest BCUT2D eigenvalue weighted by Crippen LogP contribution is -2.33. The largest absolute Gasteiger partial charge is 0.462 e. The molecule has 0 N–H and O–H groups in total. The molecule has 1 aromatic rings. The molecule has 18 nitrogen and oxygen atoms in total. The van der Waals surface area contributed by atoms with Gasteiger partial charge in [0, 0.05) is 12.2 Å². The van der Waals surface area contributed by atoms with Gasteiger partial charge in [-0.1, -0.05) is 13.2 Å². The Bertz CT molecular complexity index is 2020. The molecule has 6 rings (SSSR count). The molecular weight excluding hydrogens is 925 g/mol. The number of thioether (sulfide) groups is 2. The number of esters is 8. The number of nitrogens with zero attached hydrogens (tertiary/aromatic N) is 2. The summed E-state index contributed by atoms with van der Waals surface area (Å²) >= 11 is 2.38. The molecule has 0 spiro atoms. The molecule has 4 aliphatic carbocycles. The number of carbonyl (C=O) groups is 8. The van der Waals surface area contributed by atoms with E-state index in [1.54, 1.807) is 0 Å². The Hall–Kier alpha value is -5.86. The highest BCUT2D eigenvalue weighted by molar-refractivity contribution is 8.19. The van der Waals surface area contributed by atoms with Crippen LogP contribution in [0.4, 0.5) is 0 Å². The number of hydrogen-bond donors (Lipinski definition) is 0. The third-order valence-electron chi connectivity index (χ3n) is 13.0. The minimum atomic E-state index is -1.01. The van der Waals surface area contributed by atoms with Gasteiger partial charge >= 0.3 is 47.8 Å². The van der Waals surface area contributed by atoms with E-state index >= 15 is 0 Å². The van der Waals surface area contributed by atoms with Gasteiger partial charge in [0.05, 0.1) is 62.0 Å². The van der Waals surface area contributed by atoms with E-state index in [-0.39, 0.29) is 47.5 Å².